The van der Waals surface area contributed by atoms with Gasteiger partial charge in [-0.05, 0) is 31.0 Å². The van der Waals surface area contributed by atoms with Gasteiger partial charge in [-0.15, -0.1) is 0 Å². The van der Waals surface area contributed by atoms with Gasteiger partial charge in [-0.3, -0.25) is 14.6 Å². The van der Waals surface area contributed by atoms with E-state index in [1.54, 1.807) is 24.5 Å². The fraction of sp³-hybridized carbons (Fsp3) is 0.350. The summed E-state index contributed by atoms with van der Waals surface area (Å²) in [6, 6.07) is 11.0. The van der Waals surface area contributed by atoms with E-state index >= 15 is 0 Å². The molecule has 0 unspecified atom stereocenters. The third-order valence-electron chi connectivity index (χ3n) is 4.27. The first kappa shape index (κ1) is 17.9. The first-order valence-electron chi connectivity index (χ1n) is 8.90. The van der Waals surface area contributed by atoms with Crippen LogP contribution < -0.4 is 10.1 Å². The molecule has 0 radical (unpaired) electrons. The summed E-state index contributed by atoms with van der Waals surface area (Å²) in [5, 5.41) is 2.82. The van der Waals surface area contributed by atoms with Gasteiger partial charge in [0.1, 0.15) is 12.4 Å². The van der Waals surface area contributed by atoms with Gasteiger partial charge in [-0.25, -0.2) is 0 Å². The Morgan fingerprint density at radius 3 is 2.73 bits per heavy atom. The van der Waals surface area contributed by atoms with E-state index < -0.39 is 0 Å². The molecule has 2 amide bonds. The maximum atomic E-state index is 12.1. The van der Waals surface area contributed by atoms with Crippen molar-refractivity contribution in [3.05, 3.63) is 54.4 Å². The minimum atomic E-state index is -0.165. The van der Waals surface area contributed by atoms with Crippen LogP contribution in [0.4, 0.5) is 5.69 Å². The summed E-state index contributed by atoms with van der Waals surface area (Å²) >= 11 is 0. The van der Waals surface area contributed by atoms with Crippen LogP contribution in [0.25, 0.3) is 0 Å². The zero-order valence-electron chi connectivity index (χ0n) is 14.7. The largest absolute Gasteiger partial charge is 0.489 e. The lowest BCUT2D eigenvalue weighted by Crippen LogP contribution is -2.28. The van der Waals surface area contributed by atoms with Crippen LogP contribution in [0.3, 0.4) is 0 Å². The molecule has 0 spiro atoms. The Morgan fingerprint density at radius 1 is 1.12 bits per heavy atom. The van der Waals surface area contributed by atoms with Gasteiger partial charge in [-0.1, -0.05) is 12.1 Å². The summed E-state index contributed by atoms with van der Waals surface area (Å²) in [6.45, 7) is 2.04. The van der Waals surface area contributed by atoms with Crippen LogP contribution in [-0.4, -0.2) is 34.8 Å². The number of aromatic nitrogens is 1. The minimum Gasteiger partial charge on any atom is -0.489 e. The van der Waals surface area contributed by atoms with Crippen LogP contribution >= 0.6 is 0 Å². The summed E-state index contributed by atoms with van der Waals surface area (Å²) < 4.78 is 5.73. The SMILES string of the molecule is O=C(CCC(=O)N1CCCC1)Nc1cccc(OCc2cccnc2)c1. The van der Waals surface area contributed by atoms with Crippen LogP contribution in [0, 0.1) is 0 Å². The van der Waals surface area contributed by atoms with Gasteiger partial charge < -0.3 is 15.0 Å². The number of nitrogens with one attached hydrogen (secondary N) is 1. The van der Waals surface area contributed by atoms with E-state index in [9.17, 15) is 9.59 Å². The summed E-state index contributed by atoms with van der Waals surface area (Å²) in [5.74, 6) is 0.563. The van der Waals surface area contributed by atoms with Crippen molar-refractivity contribution < 1.29 is 14.3 Å². The van der Waals surface area contributed by atoms with E-state index in [2.05, 4.69) is 10.3 Å². The number of likely N-dealkylation sites (tertiary alicyclic amines) is 1. The molecule has 6 nitrogen and oxygen atoms in total. The topological polar surface area (TPSA) is 71.5 Å². The smallest absolute Gasteiger partial charge is 0.224 e. The van der Waals surface area contributed by atoms with Crippen molar-refractivity contribution in [3.8, 4) is 5.75 Å². The van der Waals surface area contributed by atoms with E-state index in [0.29, 0.717) is 18.0 Å². The third-order valence-corrected chi connectivity index (χ3v) is 4.27. The maximum absolute atomic E-state index is 12.1. The summed E-state index contributed by atoms with van der Waals surface area (Å²) in [5.41, 5.74) is 1.63. The molecule has 1 aliphatic heterocycles. The van der Waals surface area contributed by atoms with Crippen molar-refractivity contribution >= 4 is 17.5 Å². The van der Waals surface area contributed by atoms with E-state index in [1.807, 2.05) is 29.2 Å². The Balaban J connectivity index is 1.46. The van der Waals surface area contributed by atoms with Crippen LogP contribution in [-0.2, 0) is 16.2 Å². The Labute approximate surface area is 153 Å². The van der Waals surface area contributed by atoms with Gasteiger partial charge in [0.15, 0.2) is 0 Å². The number of ether oxygens (including phenoxy) is 1. The molecule has 136 valence electrons. The van der Waals surface area contributed by atoms with E-state index in [4.69, 9.17) is 4.74 Å². The van der Waals surface area contributed by atoms with Gasteiger partial charge in [-0.2, -0.15) is 0 Å². The molecular weight excluding hydrogens is 330 g/mol. The van der Waals surface area contributed by atoms with E-state index in [1.165, 1.54) is 0 Å². The highest BCUT2D eigenvalue weighted by Crippen LogP contribution is 2.19. The van der Waals surface area contributed by atoms with Gasteiger partial charge in [0.2, 0.25) is 11.8 Å². The lowest BCUT2D eigenvalue weighted by atomic mass is 10.2. The van der Waals surface area contributed by atoms with Crippen molar-refractivity contribution in [3.63, 3.8) is 0 Å². The second kappa shape index (κ2) is 8.99. The quantitative estimate of drug-likeness (QED) is 0.831. The summed E-state index contributed by atoms with van der Waals surface area (Å²) in [6.07, 6.45) is 6.03. The molecule has 0 aliphatic carbocycles. The highest BCUT2D eigenvalue weighted by Gasteiger charge is 2.18. The number of pyridine rings is 1. The zero-order valence-corrected chi connectivity index (χ0v) is 14.7. The molecule has 1 aromatic carbocycles. The third kappa shape index (κ3) is 5.31. The number of benzene rings is 1. The molecule has 1 N–H and O–H groups in total. The molecule has 6 heteroatoms. The normalized spacial score (nSPS) is 13.5. The highest BCUT2D eigenvalue weighted by molar-refractivity contribution is 5.93. The fourth-order valence-corrected chi connectivity index (χ4v) is 2.88. The predicted molar refractivity (Wildman–Crippen MR) is 98.7 cm³/mol. The molecule has 1 fully saturated rings. The van der Waals surface area contributed by atoms with Crippen molar-refractivity contribution in [2.75, 3.05) is 18.4 Å². The molecule has 0 bridgehead atoms. The van der Waals surface area contributed by atoms with Crippen LogP contribution in [0.5, 0.6) is 5.75 Å². The fourth-order valence-electron chi connectivity index (χ4n) is 2.88. The Hall–Kier alpha value is -2.89. The Bertz CT molecular complexity index is 743. The molecule has 1 saturated heterocycles. The number of hydrogen-bond donors (Lipinski definition) is 1. The van der Waals surface area contributed by atoms with Crippen molar-refractivity contribution in [1.82, 2.24) is 9.88 Å². The molecule has 2 heterocycles. The molecule has 1 aromatic heterocycles. The minimum absolute atomic E-state index is 0.0613. The first-order valence-corrected chi connectivity index (χ1v) is 8.90. The van der Waals surface area contributed by atoms with Gasteiger partial charge in [0.25, 0.3) is 0 Å². The van der Waals surface area contributed by atoms with E-state index in [-0.39, 0.29) is 24.7 Å². The molecular formula is C20H23N3O3. The highest BCUT2D eigenvalue weighted by atomic mass is 16.5. The van der Waals surface area contributed by atoms with Crippen LogP contribution in [0.15, 0.2) is 48.8 Å². The number of nitrogens with zero attached hydrogens (tertiary/aromatic N) is 2. The Kier molecular flexibility index (Phi) is 6.19. The number of anilines is 1. The lowest BCUT2D eigenvalue weighted by Gasteiger charge is -2.14. The standard InChI is InChI=1S/C20H23N3O3/c24-19(8-9-20(25)23-11-1-2-12-23)22-17-6-3-7-18(13-17)26-15-16-5-4-10-21-14-16/h3-7,10,13-14H,1-2,8-9,11-12,15H2,(H,22,24). The van der Waals surface area contributed by atoms with Crippen molar-refractivity contribution in [2.24, 2.45) is 0 Å². The predicted octanol–water partition coefficient (Wildman–Crippen LogP) is 3.00. The second-order valence-corrected chi connectivity index (χ2v) is 6.31. The van der Waals surface area contributed by atoms with Crippen LogP contribution in [0.2, 0.25) is 0 Å². The van der Waals surface area contributed by atoms with Gasteiger partial charge in [0.05, 0.1) is 0 Å². The lowest BCUT2D eigenvalue weighted by molar-refractivity contribution is -0.131. The monoisotopic (exact) mass is 353 g/mol. The molecule has 2 aromatic rings. The maximum Gasteiger partial charge on any atom is 0.224 e. The number of carbonyl (C=O) groups is 2. The molecule has 0 atom stereocenters. The number of carbonyl (C=O) groups excluding carboxylic acids is 2. The average molecular weight is 353 g/mol. The summed E-state index contributed by atoms with van der Waals surface area (Å²) in [4.78, 5) is 30.0. The number of rotatable bonds is 7. The molecule has 0 saturated carbocycles. The zero-order chi connectivity index (χ0) is 18.2. The average Bonchev–Trinajstić information content (AvgIpc) is 3.20. The van der Waals surface area contributed by atoms with Gasteiger partial charge >= 0.3 is 0 Å². The molecule has 1 aliphatic rings. The summed E-state index contributed by atoms with van der Waals surface area (Å²) in [7, 11) is 0. The number of hydrogen-bond acceptors (Lipinski definition) is 4. The number of amides is 2. The molecule has 3 rings (SSSR count). The first-order chi connectivity index (χ1) is 12.7. The second-order valence-electron chi connectivity index (χ2n) is 6.31. The Morgan fingerprint density at radius 2 is 1.96 bits per heavy atom. The molecule has 26 heavy (non-hydrogen) atoms. The van der Waals surface area contributed by atoms with E-state index in [0.717, 1.165) is 31.5 Å². The van der Waals surface area contributed by atoms with Crippen molar-refractivity contribution in [2.45, 2.75) is 32.3 Å². The van der Waals surface area contributed by atoms with Gasteiger partial charge in [0, 0.05) is 55.6 Å². The van der Waals surface area contributed by atoms with Crippen LogP contribution in [0.1, 0.15) is 31.2 Å². The van der Waals surface area contributed by atoms with Crippen molar-refractivity contribution in [1.29, 1.82) is 0 Å².